The molecule has 1 aliphatic carbocycles. The molecule has 4 aromatic rings. The molecule has 1 heterocycles. The lowest BCUT2D eigenvalue weighted by Crippen LogP contribution is -2.47. The van der Waals surface area contributed by atoms with Gasteiger partial charge < -0.3 is 15.6 Å². The molecule has 0 saturated heterocycles. The number of hydrogen-bond acceptors (Lipinski definition) is 3. The number of para-hydroxylation sites is 1. The Kier molecular flexibility index (Phi) is 5.31. The van der Waals surface area contributed by atoms with Crippen molar-refractivity contribution in [3.63, 3.8) is 0 Å². The smallest absolute Gasteiger partial charge is 0.397 e. The van der Waals surface area contributed by atoms with Crippen LogP contribution in [0.1, 0.15) is 24.0 Å². The predicted molar refractivity (Wildman–Crippen MR) is 125 cm³/mol. The zero-order valence-corrected chi connectivity index (χ0v) is 18.3. The minimum absolute atomic E-state index is 0.340. The fraction of sp³-hybridized carbons (Fsp3) is 0.231. The molecule has 174 valence electrons. The number of nitrogens with one attached hydrogen (secondary N) is 1. The van der Waals surface area contributed by atoms with Gasteiger partial charge in [-0.25, -0.2) is 4.98 Å². The van der Waals surface area contributed by atoms with Crippen molar-refractivity contribution in [2.45, 2.75) is 31.0 Å². The van der Waals surface area contributed by atoms with Gasteiger partial charge in [-0.3, -0.25) is 4.79 Å². The van der Waals surface area contributed by atoms with Crippen molar-refractivity contribution >= 4 is 22.6 Å². The third kappa shape index (κ3) is 3.59. The number of hydrogen-bond donors (Lipinski definition) is 2. The molecular formula is C26H23F3N4O. The van der Waals surface area contributed by atoms with Gasteiger partial charge in [-0.1, -0.05) is 54.6 Å². The van der Waals surface area contributed by atoms with E-state index >= 15 is 0 Å². The van der Waals surface area contributed by atoms with E-state index in [2.05, 4.69) is 10.3 Å². The topological polar surface area (TPSA) is 72.9 Å². The van der Waals surface area contributed by atoms with Gasteiger partial charge in [-0.2, -0.15) is 13.2 Å². The summed E-state index contributed by atoms with van der Waals surface area (Å²) in [6.45, 7) is -0.831. The minimum Gasteiger partial charge on any atom is -0.397 e. The Balaban J connectivity index is 1.52. The number of fused-ring (bicyclic) bond motifs is 4. The summed E-state index contributed by atoms with van der Waals surface area (Å²) in [5.41, 5.74) is 10.2. The molecule has 0 atom stereocenters. The van der Waals surface area contributed by atoms with Gasteiger partial charge in [-0.05, 0) is 47.2 Å². The summed E-state index contributed by atoms with van der Waals surface area (Å²) in [6, 6.07) is 20.5. The summed E-state index contributed by atoms with van der Waals surface area (Å²) in [7, 11) is 0. The number of halogens is 3. The van der Waals surface area contributed by atoms with E-state index in [0.717, 1.165) is 27.8 Å². The maximum Gasteiger partial charge on any atom is 0.405 e. The molecule has 0 bridgehead atoms. The summed E-state index contributed by atoms with van der Waals surface area (Å²) >= 11 is 0. The third-order valence-corrected chi connectivity index (χ3v) is 6.53. The molecule has 8 heteroatoms. The molecule has 0 spiro atoms. The van der Waals surface area contributed by atoms with Crippen LogP contribution in [0, 0.1) is 0 Å². The van der Waals surface area contributed by atoms with E-state index in [1.807, 2.05) is 65.2 Å². The van der Waals surface area contributed by atoms with Crippen molar-refractivity contribution in [2.24, 2.45) is 0 Å². The van der Waals surface area contributed by atoms with Crippen LogP contribution in [0.4, 0.5) is 18.9 Å². The second kappa shape index (κ2) is 8.20. The summed E-state index contributed by atoms with van der Waals surface area (Å²) in [4.78, 5) is 17.9. The fourth-order valence-electron chi connectivity index (χ4n) is 5.09. The summed E-state index contributed by atoms with van der Waals surface area (Å²) < 4.78 is 41.0. The number of aromatic nitrogens is 2. The minimum atomic E-state index is -4.50. The van der Waals surface area contributed by atoms with Gasteiger partial charge in [0.2, 0.25) is 5.91 Å². The van der Waals surface area contributed by atoms with E-state index in [0.29, 0.717) is 30.6 Å². The highest BCUT2D eigenvalue weighted by atomic mass is 19.4. The van der Waals surface area contributed by atoms with Crippen molar-refractivity contribution in [1.29, 1.82) is 0 Å². The molecule has 0 aliphatic heterocycles. The SMILES string of the molecule is Nc1cccc2c1ncn2CCCC1(C(=O)NCC(F)(F)F)c2ccccc2-c2ccccc21. The van der Waals surface area contributed by atoms with Gasteiger partial charge in [0.25, 0.3) is 0 Å². The van der Waals surface area contributed by atoms with Gasteiger partial charge in [0.15, 0.2) is 0 Å². The standard InChI is InChI=1S/C26H23F3N4O/c27-26(28,29)15-31-24(34)25(13-6-14-33-16-32-23-21(30)11-5-12-22(23)33)19-9-3-1-7-17(19)18-8-2-4-10-20(18)25/h1-5,7-12,16H,6,13-15,30H2,(H,31,34). The Morgan fingerprint density at radius 1 is 0.971 bits per heavy atom. The van der Waals surface area contributed by atoms with Crippen LogP contribution in [-0.2, 0) is 16.8 Å². The molecule has 5 rings (SSSR count). The van der Waals surface area contributed by atoms with Gasteiger partial charge in [0.1, 0.15) is 17.5 Å². The summed E-state index contributed by atoms with van der Waals surface area (Å²) in [5.74, 6) is -0.637. The highest BCUT2D eigenvalue weighted by Gasteiger charge is 2.49. The van der Waals surface area contributed by atoms with Crippen LogP contribution in [0.5, 0.6) is 0 Å². The van der Waals surface area contributed by atoms with Crippen LogP contribution in [0.2, 0.25) is 0 Å². The molecule has 3 aromatic carbocycles. The number of anilines is 1. The third-order valence-electron chi connectivity index (χ3n) is 6.53. The second-order valence-corrected chi connectivity index (χ2v) is 8.55. The van der Waals surface area contributed by atoms with Crippen molar-refractivity contribution in [3.8, 4) is 11.1 Å². The van der Waals surface area contributed by atoms with Gasteiger partial charge >= 0.3 is 6.18 Å². The number of nitrogens with two attached hydrogens (primary N) is 1. The van der Waals surface area contributed by atoms with Crippen molar-refractivity contribution in [2.75, 3.05) is 12.3 Å². The molecule has 3 N–H and O–H groups in total. The highest BCUT2D eigenvalue weighted by molar-refractivity contribution is 6.00. The first kappa shape index (κ1) is 22.0. The van der Waals surface area contributed by atoms with Gasteiger partial charge in [-0.15, -0.1) is 0 Å². The number of carbonyl (C=O) groups is 1. The number of aryl methyl sites for hydroxylation is 1. The van der Waals surface area contributed by atoms with E-state index in [9.17, 15) is 18.0 Å². The van der Waals surface area contributed by atoms with Crippen molar-refractivity contribution in [3.05, 3.63) is 84.2 Å². The van der Waals surface area contributed by atoms with E-state index in [1.54, 1.807) is 12.4 Å². The lowest BCUT2D eigenvalue weighted by molar-refractivity contribution is -0.141. The van der Waals surface area contributed by atoms with E-state index in [-0.39, 0.29) is 0 Å². The first-order valence-electron chi connectivity index (χ1n) is 11.0. The van der Waals surface area contributed by atoms with Crippen LogP contribution in [0.3, 0.4) is 0 Å². The fourth-order valence-corrected chi connectivity index (χ4v) is 5.09. The van der Waals surface area contributed by atoms with Crippen LogP contribution in [-0.4, -0.2) is 28.2 Å². The Hall–Kier alpha value is -3.81. The van der Waals surface area contributed by atoms with Crippen LogP contribution < -0.4 is 11.1 Å². The molecule has 0 fully saturated rings. The molecule has 5 nitrogen and oxygen atoms in total. The maximum atomic E-state index is 13.5. The van der Waals surface area contributed by atoms with Gasteiger partial charge in [0.05, 0.1) is 17.5 Å². The molecule has 0 unspecified atom stereocenters. The number of benzene rings is 3. The van der Waals surface area contributed by atoms with Crippen LogP contribution in [0.15, 0.2) is 73.1 Å². The molecule has 34 heavy (non-hydrogen) atoms. The van der Waals surface area contributed by atoms with Crippen LogP contribution in [0.25, 0.3) is 22.2 Å². The number of alkyl halides is 3. The average Bonchev–Trinajstić information content (AvgIpc) is 3.36. The number of rotatable bonds is 6. The molecule has 0 saturated carbocycles. The first-order chi connectivity index (χ1) is 16.3. The molecule has 1 aliphatic rings. The Morgan fingerprint density at radius 2 is 1.62 bits per heavy atom. The van der Waals surface area contributed by atoms with Crippen molar-refractivity contribution in [1.82, 2.24) is 14.9 Å². The Labute approximate surface area is 194 Å². The number of nitrogen functional groups attached to an aromatic ring is 1. The van der Waals surface area contributed by atoms with E-state index in [4.69, 9.17) is 5.73 Å². The maximum absolute atomic E-state index is 13.5. The van der Waals surface area contributed by atoms with E-state index < -0.39 is 24.0 Å². The lowest BCUT2D eigenvalue weighted by atomic mass is 9.73. The quantitative estimate of drug-likeness (QED) is 0.393. The predicted octanol–water partition coefficient (Wildman–Crippen LogP) is 5.04. The van der Waals surface area contributed by atoms with Crippen LogP contribution >= 0.6 is 0 Å². The first-order valence-corrected chi connectivity index (χ1v) is 11.0. The number of carbonyl (C=O) groups excluding carboxylic acids is 1. The Bertz CT molecular complexity index is 1330. The lowest BCUT2D eigenvalue weighted by Gasteiger charge is -2.31. The molecular weight excluding hydrogens is 441 g/mol. The average molecular weight is 464 g/mol. The highest BCUT2D eigenvalue weighted by Crippen LogP contribution is 2.51. The van der Waals surface area contributed by atoms with Gasteiger partial charge in [0, 0.05) is 6.54 Å². The zero-order valence-electron chi connectivity index (χ0n) is 18.3. The zero-order chi connectivity index (χ0) is 23.9. The second-order valence-electron chi connectivity index (χ2n) is 8.55. The molecule has 1 aromatic heterocycles. The normalized spacial score (nSPS) is 14.1. The molecule has 0 radical (unpaired) electrons. The summed E-state index contributed by atoms with van der Waals surface area (Å²) in [6.07, 6.45) is -1.91. The summed E-state index contributed by atoms with van der Waals surface area (Å²) in [5, 5.41) is 2.17. The Morgan fingerprint density at radius 3 is 2.26 bits per heavy atom. The number of nitrogens with zero attached hydrogens (tertiary/aromatic N) is 2. The van der Waals surface area contributed by atoms with E-state index in [1.165, 1.54) is 0 Å². The number of amides is 1. The largest absolute Gasteiger partial charge is 0.405 e. The monoisotopic (exact) mass is 464 g/mol. The van der Waals surface area contributed by atoms with Crippen molar-refractivity contribution < 1.29 is 18.0 Å². The number of imidazole rings is 1. The molecule has 1 amide bonds.